The van der Waals surface area contributed by atoms with Gasteiger partial charge in [0.05, 0.1) is 11.5 Å². The third-order valence-electron chi connectivity index (χ3n) is 1.92. The van der Waals surface area contributed by atoms with Crippen LogP contribution in [0.1, 0.15) is 19.4 Å². The summed E-state index contributed by atoms with van der Waals surface area (Å²) in [6, 6.07) is 7.70. The van der Waals surface area contributed by atoms with Gasteiger partial charge in [-0.05, 0) is 23.8 Å². The summed E-state index contributed by atoms with van der Waals surface area (Å²) in [4.78, 5) is 1.11. The van der Waals surface area contributed by atoms with Crippen LogP contribution in [0.5, 0.6) is 0 Å². The lowest BCUT2D eigenvalue weighted by molar-refractivity contribution is 0.231. The Morgan fingerprint density at radius 3 is 2.59 bits per heavy atom. The quantitative estimate of drug-likeness (QED) is 0.721. The van der Waals surface area contributed by atoms with E-state index in [-0.39, 0.29) is 0 Å². The second-order valence-corrected chi connectivity index (χ2v) is 5.97. The Morgan fingerprint density at radius 1 is 1.41 bits per heavy atom. The molecule has 0 atom stereocenters. The van der Waals surface area contributed by atoms with Crippen molar-refractivity contribution in [2.24, 2.45) is 0 Å². The summed E-state index contributed by atoms with van der Waals surface area (Å²) in [5.74, 6) is 0. The van der Waals surface area contributed by atoms with Gasteiger partial charge in [-0.15, -0.1) is 17.5 Å². The molecule has 0 aliphatic carbocycles. The van der Waals surface area contributed by atoms with Gasteiger partial charge >= 0.3 is 0 Å². The van der Waals surface area contributed by atoms with E-state index in [2.05, 4.69) is 19.6 Å². The molecule has 0 amide bonds. The van der Waals surface area contributed by atoms with Crippen molar-refractivity contribution in [1.29, 1.82) is 0 Å². The maximum Gasteiger partial charge on any atom is 0.0844 e. The second kappa shape index (κ2) is 7.62. The molecule has 17 heavy (non-hydrogen) atoms. The lowest BCUT2D eigenvalue weighted by Crippen LogP contribution is -1.94. The molecule has 0 radical (unpaired) electrons. The molecule has 1 aromatic carbocycles. The van der Waals surface area contributed by atoms with Crippen LogP contribution in [0.15, 0.2) is 34.9 Å². The Bertz CT molecular complexity index is 403. The summed E-state index contributed by atoms with van der Waals surface area (Å²) < 4.78 is 5.15. The number of hydrogen-bond acceptors (Lipinski definition) is 2. The minimum absolute atomic E-state index is 0.534. The van der Waals surface area contributed by atoms with Gasteiger partial charge < -0.3 is 4.74 Å². The highest BCUT2D eigenvalue weighted by Gasteiger charge is 2.00. The van der Waals surface area contributed by atoms with Crippen molar-refractivity contribution in [3.63, 3.8) is 0 Å². The molecule has 0 heterocycles. The van der Waals surface area contributed by atoms with Gasteiger partial charge in [-0.25, -0.2) is 0 Å². The van der Waals surface area contributed by atoms with E-state index in [4.69, 9.17) is 16.3 Å². The fraction of sp³-hybridized carbons (Fsp3) is 0.357. The number of thioether (sulfide) groups is 1. The van der Waals surface area contributed by atoms with Crippen LogP contribution in [0.25, 0.3) is 6.08 Å². The van der Waals surface area contributed by atoms with Gasteiger partial charge in [0.1, 0.15) is 0 Å². The highest BCUT2D eigenvalue weighted by atomic mass is 35.5. The molecule has 0 fully saturated rings. The molecule has 0 bridgehead atoms. The van der Waals surface area contributed by atoms with Gasteiger partial charge in [0.25, 0.3) is 0 Å². The smallest absolute Gasteiger partial charge is 0.0844 e. The molecule has 1 nitrogen and oxygen atoms in total. The SMILES string of the molecule is COCC(=C=Cc1ccc(Cl)cc1)SC(C)C. The largest absolute Gasteiger partial charge is 0.379 e. The van der Waals surface area contributed by atoms with Gasteiger partial charge in [0.15, 0.2) is 0 Å². The predicted octanol–water partition coefficient (Wildman–Crippen LogP) is 4.62. The fourth-order valence-corrected chi connectivity index (χ4v) is 2.26. The summed E-state index contributed by atoms with van der Waals surface area (Å²) in [7, 11) is 1.70. The van der Waals surface area contributed by atoms with Crippen molar-refractivity contribution >= 4 is 29.4 Å². The van der Waals surface area contributed by atoms with E-state index in [9.17, 15) is 0 Å². The molecule has 0 aliphatic heterocycles. The zero-order valence-electron chi connectivity index (χ0n) is 10.4. The van der Waals surface area contributed by atoms with Crippen molar-refractivity contribution in [3.05, 3.63) is 45.5 Å². The van der Waals surface area contributed by atoms with E-state index in [1.54, 1.807) is 18.9 Å². The average molecular weight is 269 g/mol. The second-order valence-electron chi connectivity index (χ2n) is 3.86. The Hall–Kier alpha value is -0.660. The number of hydrogen-bond donors (Lipinski definition) is 0. The zero-order chi connectivity index (χ0) is 12.7. The third-order valence-corrected chi connectivity index (χ3v) is 3.17. The topological polar surface area (TPSA) is 9.23 Å². The minimum atomic E-state index is 0.534. The first-order valence-corrected chi connectivity index (χ1v) is 6.74. The lowest BCUT2D eigenvalue weighted by Gasteiger charge is -2.05. The normalized spacial score (nSPS) is 10.2. The molecule has 0 saturated carbocycles. The van der Waals surface area contributed by atoms with E-state index >= 15 is 0 Å². The minimum Gasteiger partial charge on any atom is -0.379 e. The van der Waals surface area contributed by atoms with Crippen molar-refractivity contribution in [3.8, 4) is 0 Å². The number of rotatable bonds is 5. The molecule has 0 spiro atoms. The van der Waals surface area contributed by atoms with E-state index in [0.29, 0.717) is 11.9 Å². The van der Waals surface area contributed by atoms with E-state index in [0.717, 1.165) is 15.5 Å². The molecule has 1 rings (SSSR count). The van der Waals surface area contributed by atoms with Crippen LogP contribution < -0.4 is 0 Å². The van der Waals surface area contributed by atoms with Gasteiger partial charge in [-0.1, -0.05) is 37.6 Å². The summed E-state index contributed by atoms with van der Waals surface area (Å²) in [6.07, 6.45) is 1.96. The molecular formula is C14H17ClOS. The molecule has 0 unspecified atom stereocenters. The Labute approximate surface area is 113 Å². The maximum absolute atomic E-state index is 5.83. The Morgan fingerprint density at radius 2 is 2.06 bits per heavy atom. The molecule has 3 heteroatoms. The molecule has 0 N–H and O–H groups in total. The summed E-state index contributed by atoms with van der Waals surface area (Å²) >= 11 is 7.60. The van der Waals surface area contributed by atoms with Gasteiger partial charge in [-0.3, -0.25) is 0 Å². The lowest BCUT2D eigenvalue weighted by atomic mass is 10.2. The third kappa shape index (κ3) is 5.99. The fourth-order valence-electron chi connectivity index (χ4n) is 1.25. The monoisotopic (exact) mass is 268 g/mol. The van der Waals surface area contributed by atoms with Crippen molar-refractivity contribution in [2.75, 3.05) is 13.7 Å². The van der Waals surface area contributed by atoms with Gasteiger partial charge in [-0.2, -0.15) is 0 Å². The molecule has 1 aromatic rings. The van der Waals surface area contributed by atoms with Crippen LogP contribution in [0.2, 0.25) is 5.02 Å². The first kappa shape index (κ1) is 14.4. The first-order valence-electron chi connectivity index (χ1n) is 5.48. The number of methoxy groups -OCH3 is 1. The standard InChI is InChI=1S/C14H17ClOS/c1-11(2)17-14(10-16-3)9-6-12-4-7-13(15)8-5-12/h4-8,11H,10H2,1-3H3. The predicted molar refractivity (Wildman–Crippen MR) is 77.5 cm³/mol. The van der Waals surface area contributed by atoms with E-state index in [1.165, 1.54) is 0 Å². The maximum atomic E-state index is 5.83. The van der Waals surface area contributed by atoms with E-state index in [1.807, 2.05) is 30.3 Å². The Balaban J connectivity index is 2.84. The average Bonchev–Trinajstić information content (AvgIpc) is 2.27. The molecule has 0 saturated heterocycles. The van der Waals surface area contributed by atoms with Crippen molar-refractivity contribution in [1.82, 2.24) is 0 Å². The molecule has 0 aromatic heterocycles. The molecule has 0 aliphatic rings. The summed E-state index contributed by atoms with van der Waals surface area (Å²) in [5, 5.41) is 1.28. The van der Waals surface area contributed by atoms with Crippen LogP contribution in [-0.2, 0) is 4.74 Å². The Kier molecular flexibility index (Phi) is 6.46. The van der Waals surface area contributed by atoms with Gasteiger partial charge in [0, 0.05) is 17.4 Å². The van der Waals surface area contributed by atoms with Crippen LogP contribution in [-0.4, -0.2) is 19.0 Å². The van der Waals surface area contributed by atoms with Crippen LogP contribution in [0.3, 0.4) is 0 Å². The molecular weight excluding hydrogens is 252 g/mol. The molecule has 92 valence electrons. The zero-order valence-corrected chi connectivity index (χ0v) is 11.9. The van der Waals surface area contributed by atoms with Crippen LogP contribution in [0.4, 0.5) is 0 Å². The summed E-state index contributed by atoms with van der Waals surface area (Å²) in [5.41, 5.74) is 4.36. The highest BCUT2D eigenvalue weighted by Crippen LogP contribution is 2.20. The van der Waals surface area contributed by atoms with Crippen LogP contribution in [0, 0.1) is 0 Å². The number of ether oxygens (including phenoxy) is 1. The van der Waals surface area contributed by atoms with Crippen molar-refractivity contribution in [2.45, 2.75) is 19.1 Å². The highest BCUT2D eigenvalue weighted by molar-refractivity contribution is 8.03. The number of halogens is 1. The first-order chi connectivity index (χ1) is 8.11. The van der Waals surface area contributed by atoms with Gasteiger partial charge in [0.2, 0.25) is 0 Å². The number of benzene rings is 1. The van der Waals surface area contributed by atoms with Crippen LogP contribution >= 0.6 is 23.4 Å². The summed E-state index contributed by atoms with van der Waals surface area (Å²) in [6.45, 7) is 4.92. The van der Waals surface area contributed by atoms with E-state index < -0.39 is 0 Å². The van der Waals surface area contributed by atoms with Crippen molar-refractivity contribution < 1.29 is 4.74 Å².